The number of guanidine groups is 1. The maximum atomic E-state index is 12.3. The maximum Gasteiger partial charge on any atom is 0.191 e. The fourth-order valence-electron chi connectivity index (χ4n) is 3.30. The first-order chi connectivity index (χ1) is 13.6. The van der Waals surface area contributed by atoms with E-state index in [1.165, 1.54) is 5.00 Å². The number of sulfone groups is 1. The second-order valence-electron chi connectivity index (χ2n) is 6.84. The summed E-state index contributed by atoms with van der Waals surface area (Å²) in [6, 6.07) is 13.3. The van der Waals surface area contributed by atoms with Crippen molar-refractivity contribution in [1.29, 1.82) is 0 Å². The Morgan fingerprint density at radius 2 is 1.90 bits per heavy atom. The Morgan fingerprint density at radius 3 is 2.52 bits per heavy atom. The molecule has 2 heterocycles. The van der Waals surface area contributed by atoms with Crippen LogP contribution < -0.4 is 15.5 Å². The van der Waals surface area contributed by atoms with Crippen LogP contribution in [0.1, 0.15) is 19.3 Å². The molecule has 0 aliphatic carbocycles. The third kappa shape index (κ3) is 7.14. The van der Waals surface area contributed by atoms with Crippen molar-refractivity contribution in [2.45, 2.75) is 30.2 Å². The van der Waals surface area contributed by atoms with Gasteiger partial charge in [-0.2, -0.15) is 0 Å². The summed E-state index contributed by atoms with van der Waals surface area (Å²) in [6.07, 6.45) is 2.65. The topological polar surface area (TPSA) is 73.8 Å². The van der Waals surface area contributed by atoms with Gasteiger partial charge in [-0.1, -0.05) is 18.2 Å². The predicted octanol–water partition coefficient (Wildman–Crippen LogP) is 3.36. The number of nitrogens with zero attached hydrogens (tertiary/aromatic N) is 2. The second kappa shape index (κ2) is 11.8. The molecule has 0 atom stereocenters. The van der Waals surface area contributed by atoms with E-state index < -0.39 is 9.84 Å². The van der Waals surface area contributed by atoms with Crippen LogP contribution in [-0.2, 0) is 9.84 Å². The van der Waals surface area contributed by atoms with Crippen molar-refractivity contribution in [2.24, 2.45) is 4.99 Å². The summed E-state index contributed by atoms with van der Waals surface area (Å²) in [7, 11) is -1.48. The fourth-order valence-corrected chi connectivity index (χ4v) is 5.41. The Balaban J connectivity index is 0.00000300. The van der Waals surface area contributed by atoms with Crippen molar-refractivity contribution in [2.75, 3.05) is 37.3 Å². The van der Waals surface area contributed by atoms with Gasteiger partial charge in [0, 0.05) is 32.7 Å². The van der Waals surface area contributed by atoms with E-state index in [0.29, 0.717) is 23.9 Å². The van der Waals surface area contributed by atoms with E-state index in [1.807, 2.05) is 6.07 Å². The molecule has 1 aliphatic rings. The van der Waals surface area contributed by atoms with E-state index >= 15 is 0 Å². The molecule has 6 nitrogen and oxygen atoms in total. The molecule has 0 radical (unpaired) electrons. The van der Waals surface area contributed by atoms with Gasteiger partial charge in [-0.3, -0.25) is 4.99 Å². The molecule has 0 amide bonds. The summed E-state index contributed by atoms with van der Waals surface area (Å²) in [4.78, 5) is 7.09. The van der Waals surface area contributed by atoms with Crippen LogP contribution in [0.2, 0.25) is 0 Å². The summed E-state index contributed by atoms with van der Waals surface area (Å²) in [5.74, 6) is 0.868. The number of thiophene rings is 1. The number of benzene rings is 1. The lowest BCUT2D eigenvalue weighted by atomic mass is 10.1. The molecule has 0 spiro atoms. The molecular weight excluding hydrogens is 519 g/mol. The summed E-state index contributed by atoms with van der Waals surface area (Å²) in [6.45, 7) is 2.63. The molecule has 3 rings (SSSR count). The second-order valence-corrected chi connectivity index (χ2v) is 9.88. The van der Waals surface area contributed by atoms with Crippen molar-refractivity contribution in [3.05, 3.63) is 47.8 Å². The summed E-state index contributed by atoms with van der Waals surface area (Å²) >= 11 is 1.78. The van der Waals surface area contributed by atoms with Crippen molar-refractivity contribution in [3.8, 4) is 0 Å². The Morgan fingerprint density at radius 1 is 1.17 bits per heavy atom. The lowest BCUT2D eigenvalue weighted by molar-refractivity contribution is 0.463. The zero-order valence-electron chi connectivity index (χ0n) is 16.6. The Kier molecular flexibility index (Phi) is 9.70. The van der Waals surface area contributed by atoms with Crippen LogP contribution in [0.5, 0.6) is 0 Å². The number of piperidine rings is 1. The minimum absolute atomic E-state index is 0. The third-order valence-corrected chi connectivity index (χ3v) is 7.61. The number of aliphatic imine (C=N–C) groups is 1. The normalized spacial score (nSPS) is 15.6. The van der Waals surface area contributed by atoms with Gasteiger partial charge in [-0.05, 0) is 48.9 Å². The minimum Gasteiger partial charge on any atom is -0.363 e. The van der Waals surface area contributed by atoms with E-state index in [-0.39, 0.29) is 29.7 Å². The molecule has 0 saturated carbocycles. The van der Waals surface area contributed by atoms with Gasteiger partial charge in [0.05, 0.1) is 15.6 Å². The molecule has 160 valence electrons. The minimum atomic E-state index is -3.22. The molecule has 9 heteroatoms. The lowest BCUT2D eigenvalue weighted by Gasteiger charge is -2.33. The fraction of sp³-hybridized carbons (Fsp3) is 0.450. The zero-order chi connectivity index (χ0) is 19.8. The van der Waals surface area contributed by atoms with Crippen LogP contribution in [-0.4, -0.2) is 52.9 Å². The summed E-state index contributed by atoms with van der Waals surface area (Å²) in [5, 5.41) is 10.2. The summed E-state index contributed by atoms with van der Waals surface area (Å²) < 4.78 is 24.6. The smallest absolute Gasteiger partial charge is 0.191 e. The lowest BCUT2D eigenvalue weighted by Crippen LogP contribution is -2.48. The SMILES string of the molecule is CN=C(NCCCS(=O)(=O)c1ccccc1)NC1CCN(c2cccs2)CC1.I. The number of hydrogen-bond acceptors (Lipinski definition) is 5. The highest BCUT2D eigenvalue weighted by atomic mass is 127. The van der Waals surface area contributed by atoms with Gasteiger partial charge in [0.1, 0.15) is 0 Å². The highest BCUT2D eigenvalue weighted by molar-refractivity contribution is 14.0. The largest absolute Gasteiger partial charge is 0.363 e. The van der Waals surface area contributed by atoms with Gasteiger partial charge in [-0.25, -0.2) is 8.42 Å². The first-order valence-corrected chi connectivity index (χ1v) is 12.1. The van der Waals surface area contributed by atoms with Crippen LogP contribution in [0.4, 0.5) is 5.00 Å². The van der Waals surface area contributed by atoms with Crippen LogP contribution in [0.15, 0.2) is 57.7 Å². The number of nitrogens with one attached hydrogen (secondary N) is 2. The molecular formula is C20H29IN4O2S2. The molecule has 1 aromatic carbocycles. The number of rotatable bonds is 7. The van der Waals surface area contributed by atoms with Gasteiger partial charge in [0.25, 0.3) is 0 Å². The highest BCUT2D eigenvalue weighted by Crippen LogP contribution is 2.24. The third-order valence-electron chi connectivity index (χ3n) is 4.86. The quantitative estimate of drug-likeness (QED) is 0.240. The average Bonchev–Trinajstić information content (AvgIpc) is 3.26. The van der Waals surface area contributed by atoms with Crippen LogP contribution in [0, 0.1) is 0 Å². The first kappa shape index (κ1) is 23.9. The van der Waals surface area contributed by atoms with Crippen LogP contribution in [0.3, 0.4) is 0 Å². The van der Waals surface area contributed by atoms with Crippen molar-refractivity contribution >= 4 is 56.1 Å². The molecule has 0 bridgehead atoms. The van der Waals surface area contributed by atoms with Crippen molar-refractivity contribution in [1.82, 2.24) is 10.6 Å². The van der Waals surface area contributed by atoms with Gasteiger partial charge < -0.3 is 15.5 Å². The molecule has 0 unspecified atom stereocenters. The standard InChI is InChI=1S/C20H28N4O2S2.HI/c1-21-20(22-12-6-16-28(25,26)18-7-3-2-4-8-18)23-17-10-13-24(14-11-17)19-9-5-15-27-19;/h2-5,7-9,15,17H,6,10-14,16H2,1H3,(H2,21,22,23);1H. The van der Waals surface area contributed by atoms with Crippen molar-refractivity contribution < 1.29 is 8.42 Å². The molecule has 1 aliphatic heterocycles. The van der Waals surface area contributed by atoms with Gasteiger partial charge >= 0.3 is 0 Å². The van der Waals surface area contributed by atoms with Crippen LogP contribution in [0.25, 0.3) is 0 Å². The van der Waals surface area contributed by atoms with Gasteiger partial charge in [0.15, 0.2) is 15.8 Å². The average molecular weight is 549 g/mol. The Labute approximate surface area is 194 Å². The number of anilines is 1. The van der Waals surface area contributed by atoms with E-state index in [1.54, 1.807) is 42.6 Å². The van der Waals surface area contributed by atoms with Gasteiger partial charge in [0.2, 0.25) is 0 Å². The van der Waals surface area contributed by atoms with Crippen molar-refractivity contribution in [3.63, 3.8) is 0 Å². The van der Waals surface area contributed by atoms with Crippen LogP contribution >= 0.6 is 35.3 Å². The van der Waals surface area contributed by atoms with E-state index in [4.69, 9.17) is 0 Å². The summed E-state index contributed by atoms with van der Waals surface area (Å²) in [5.41, 5.74) is 0. The predicted molar refractivity (Wildman–Crippen MR) is 133 cm³/mol. The monoisotopic (exact) mass is 548 g/mol. The number of halogens is 1. The Bertz CT molecular complexity index is 850. The molecule has 2 N–H and O–H groups in total. The molecule has 1 saturated heterocycles. The number of hydrogen-bond donors (Lipinski definition) is 2. The Hall–Kier alpha value is -1.33. The first-order valence-electron chi connectivity index (χ1n) is 9.62. The molecule has 29 heavy (non-hydrogen) atoms. The molecule has 1 fully saturated rings. The van der Waals surface area contributed by atoms with E-state index in [2.05, 4.69) is 38.0 Å². The zero-order valence-corrected chi connectivity index (χ0v) is 20.5. The molecule has 1 aromatic heterocycles. The van der Waals surface area contributed by atoms with E-state index in [0.717, 1.165) is 31.9 Å². The maximum absolute atomic E-state index is 12.3. The van der Waals surface area contributed by atoms with E-state index in [9.17, 15) is 8.42 Å². The highest BCUT2D eigenvalue weighted by Gasteiger charge is 2.20. The van der Waals surface area contributed by atoms with Gasteiger partial charge in [-0.15, -0.1) is 35.3 Å². The molecule has 2 aromatic rings.